The molecule has 0 saturated carbocycles. The number of hydrogen-bond acceptors (Lipinski definition) is 2. The summed E-state index contributed by atoms with van der Waals surface area (Å²) in [5, 5.41) is 2.48. The Morgan fingerprint density at radius 3 is 2.68 bits per heavy atom. The maximum atomic E-state index is 4.57. The van der Waals surface area contributed by atoms with Crippen LogP contribution >= 0.6 is 0 Å². The van der Waals surface area contributed by atoms with Gasteiger partial charge in [-0.2, -0.15) is 0 Å². The third kappa shape index (κ3) is 2.29. The summed E-state index contributed by atoms with van der Waals surface area (Å²) >= 11 is 0. The summed E-state index contributed by atoms with van der Waals surface area (Å²) in [6.45, 7) is 1.75. The minimum Gasteiger partial charge on any atom is -0.336 e. The van der Waals surface area contributed by atoms with Crippen LogP contribution in [0.3, 0.4) is 0 Å². The van der Waals surface area contributed by atoms with E-state index < -0.39 is 0 Å². The summed E-state index contributed by atoms with van der Waals surface area (Å²) in [5.74, 6) is 1.01. The monoisotopic (exact) mass is 288 g/mol. The normalized spacial score (nSPS) is 11.1. The second-order valence-corrected chi connectivity index (χ2v) is 5.27. The Bertz CT molecular complexity index is 885. The van der Waals surface area contributed by atoms with Crippen LogP contribution in [0.15, 0.2) is 73.6 Å². The highest BCUT2D eigenvalue weighted by atomic mass is 15.1. The van der Waals surface area contributed by atoms with E-state index in [1.165, 1.54) is 16.3 Å². The standard InChI is InChI=1S/C18H16N4/c1-2-6-16-15(4-1)5-3-7-17(16)18-20-9-11-22(18)13-12-21-10-8-19-14-21/h1-11,14H,12-13H2. The van der Waals surface area contributed by atoms with Crippen LogP contribution in [0.4, 0.5) is 0 Å². The average Bonchev–Trinajstić information content (AvgIpc) is 3.24. The molecular formula is C18H16N4. The van der Waals surface area contributed by atoms with E-state index in [0.29, 0.717) is 0 Å². The van der Waals surface area contributed by atoms with Crippen molar-refractivity contribution in [2.75, 3.05) is 0 Å². The number of nitrogens with zero attached hydrogens (tertiary/aromatic N) is 4. The van der Waals surface area contributed by atoms with Crippen molar-refractivity contribution in [2.45, 2.75) is 13.1 Å². The van der Waals surface area contributed by atoms with E-state index in [1.807, 2.05) is 24.9 Å². The van der Waals surface area contributed by atoms with Crippen molar-refractivity contribution in [2.24, 2.45) is 0 Å². The van der Waals surface area contributed by atoms with Crippen molar-refractivity contribution in [3.05, 3.63) is 73.6 Å². The molecule has 0 aliphatic carbocycles. The summed E-state index contributed by atoms with van der Waals surface area (Å²) in [4.78, 5) is 8.66. The lowest BCUT2D eigenvalue weighted by atomic mass is 10.0. The topological polar surface area (TPSA) is 35.6 Å². The number of rotatable bonds is 4. The smallest absolute Gasteiger partial charge is 0.140 e. The molecule has 0 unspecified atom stereocenters. The second kappa shape index (κ2) is 5.48. The third-order valence-electron chi connectivity index (χ3n) is 3.90. The first-order valence-electron chi connectivity index (χ1n) is 7.37. The molecule has 2 heterocycles. The maximum Gasteiger partial charge on any atom is 0.140 e. The highest BCUT2D eigenvalue weighted by Crippen LogP contribution is 2.27. The Balaban J connectivity index is 1.72. The van der Waals surface area contributed by atoms with Crippen LogP contribution in [0, 0.1) is 0 Å². The number of fused-ring (bicyclic) bond motifs is 1. The van der Waals surface area contributed by atoms with Crippen molar-refractivity contribution in [1.82, 2.24) is 19.1 Å². The largest absolute Gasteiger partial charge is 0.336 e. The molecule has 22 heavy (non-hydrogen) atoms. The molecule has 2 aromatic carbocycles. The van der Waals surface area contributed by atoms with Crippen LogP contribution in [-0.2, 0) is 13.1 Å². The van der Waals surface area contributed by atoms with Gasteiger partial charge in [0.05, 0.1) is 6.33 Å². The summed E-state index contributed by atoms with van der Waals surface area (Å²) in [6, 6.07) is 14.8. The molecule has 0 amide bonds. The Morgan fingerprint density at radius 1 is 0.864 bits per heavy atom. The Hall–Kier alpha value is -2.88. The molecule has 4 heteroatoms. The zero-order valence-electron chi connectivity index (χ0n) is 12.1. The number of aromatic nitrogens is 4. The van der Waals surface area contributed by atoms with Crippen molar-refractivity contribution < 1.29 is 0 Å². The summed E-state index contributed by atoms with van der Waals surface area (Å²) in [5.41, 5.74) is 1.17. The molecule has 0 bridgehead atoms. The Kier molecular flexibility index (Phi) is 3.20. The lowest BCUT2D eigenvalue weighted by Crippen LogP contribution is -2.06. The van der Waals surface area contributed by atoms with Crippen LogP contribution in [0.25, 0.3) is 22.2 Å². The van der Waals surface area contributed by atoms with Crippen LogP contribution in [-0.4, -0.2) is 19.1 Å². The van der Waals surface area contributed by atoms with Crippen LogP contribution < -0.4 is 0 Å². The van der Waals surface area contributed by atoms with Crippen LogP contribution in [0.1, 0.15) is 0 Å². The van der Waals surface area contributed by atoms with E-state index in [4.69, 9.17) is 0 Å². The number of imidazole rings is 2. The molecular weight excluding hydrogens is 272 g/mol. The van der Waals surface area contributed by atoms with Gasteiger partial charge in [0.15, 0.2) is 0 Å². The quantitative estimate of drug-likeness (QED) is 0.575. The highest BCUT2D eigenvalue weighted by molar-refractivity contribution is 5.95. The average molecular weight is 288 g/mol. The van der Waals surface area contributed by atoms with E-state index in [9.17, 15) is 0 Å². The summed E-state index contributed by atoms with van der Waals surface area (Å²) in [7, 11) is 0. The van der Waals surface area contributed by atoms with Crippen molar-refractivity contribution in [1.29, 1.82) is 0 Å². The molecule has 0 fully saturated rings. The van der Waals surface area contributed by atoms with Crippen LogP contribution in [0.2, 0.25) is 0 Å². The fraction of sp³-hybridized carbons (Fsp3) is 0.111. The molecule has 0 spiro atoms. The molecule has 4 aromatic rings. The zero-order chi connectivity index (χ0) is 14.8. The Labute approximate surface area is 128 Å². The SMILES string of the molecule is c1ccc2c(-c3nccn3CCn3ccnc3)cccc2c1. The van der Waals surface area contributed by atoms with Gasteiger partial charge in [0.25, 0.3) is 0 Å². The molecule has 2 aromatic heterocycles. The van der Waals surface area contributed by atoms with Gasteiger partial charge in [0.1, 0.15) is 5.82 Å². The number of aryl methyl sites for hydroxylation is 2. The van der Waals surface area contributed by atoms with Gasteiger partial charge in [0, 0.05) is 43.4 Å². The van der Waals surface area contributed by atoms with E-state index in [0.717, 1.165) is 18.9 Å². The van der Waals surface area contributed by atoms with Gasteiger partial charge in [-0.3, -0.25) is 0 Å². The van der Waals surface area contributed by atoms with Gasteiger partial charge >= 0.3 is 0 Å². The van der Waals surface area contributed by atoms with E-state index in [1.54, 1.807) is 6.20 Å². The molecule has 4 nitrogen and oxygen atoms in total. The van der Waals surface area contributed by atoms with Crippen molar-refractivity contribution in [3.8, 4) is 11.4 Å². The predicted octanol–water partition coefficient (Wildman–Crippen LogP) is 3.60. The summed E-state index contributed by atoms with van der Waals surface area (Å²) < 4.78 is 4.27. The molecule has 0 radical (unpaired) electrons. The lowest BCUT2D eigenvalue weighted by molar-refractivity contribution is 0.582. The van der Waals surface area contributed by atoms with Gasteiger partial charge in [0.2, 0.25) is 0 Å². The summed E-state index contributed by atoms with van der Waals surface area (Å²) in [6.07, 6.45) is 9.53. The van der Waals surface area contributed by atoms with E-state index in [2.05, 4.69) is 61.6 Å². The zero-order valence-corrected chi connectivity index (χ0v) is 12.1. The highest BCUT2D eigenvalue weighted by Gasteiger charge is 2.09. The number of hydrogen-bond donors (Lipinski definition) is 0. The van der Waals surface area contributed by atoms with Gasteiger partial charge in [-0.05, 0) is 10.8 Å². The number of benzene rings is 2. The van der Waals surface area contributed by atoms with Gasteiger partial charge in [-0.15, -0.1) is 0 Å². The first kappa shape index (κ1) is 12.8. The molecule has 0 N–H and O–H groups in total. The minimum absolute atomic E-state index is 0.870. The molecule has 0 atom stereocenters. The molecule has 0 aliphatic heterocycles. The Morgan fingerprint density at radius 2 is 1.77 bits per heavy atom. The lowest BCUT2D eigenvalue weighted by Gasteiger charge is -2.10. The minimum atomic E-state index is 0.870. The first-order valence-corrected chi connectivity index (χ1v) is 7.37. The van der Waals surface area contributed by atoms with Crippen molar-refractivity contribution >= 4 is 10.8 Å². The van der Waals surface area contributed by atoms with Crippen LogP contribution in [0.5, 0.6) is 0 Å². The second-order valence-electron chi connectivity index (χ2n) is 5.27. The first-order chi connectivity index (χ1) is 10.9. The fourth-order valence-electron chi connectivity index (χ4n) is 2.80. The fourth-order valence-corrected chi connectivity index (χ4v) is 2.80. The predicted molar refractivity (Wildman–Crippen MR) is 87.4 cm³/mol. The molecule has 0 saturated heterocycles. The maximum absolute atomic E-state index is 4.57. The molecule has 0 aliphatic rings. The van der Waals surface area contributed by atoms with E-state index >= 15 is 0 Å². The van der Waals surface area contributed by atoms with Gasteiger partial charge in [-0.1, -0.05) is 42.5 Å². The third-order valence-corrected chi connectivity index (χ3v) is 3.90. The van der Waals surface area contributed by atoms with Crippen molar-refractivity contribution in [3.63, 3.8) is 0 Å². The van der Waals surface area contributed by atoms with Gasteiger partial charge < -0.3 is 9.13 Å². The molecule has 108 valence electrons. The molecule has 4 rings (SSSR count). The van der Waals surface area contributed by atoms with E-state index in [-0.39, 0.29) is 0 Å². The van der Waals surface area contributed by atoms with Gasteiger partial charge in [-0.25, -0.2) is 9.97 Å².